The molecule has 4 aromatic rings. The molecule has 0 radical (unpaired) electrons. The van der Waals surface area contributed by atoms with Crippen LogP contribution in [0.2, 0.25) is 0 Å². The molecular formula is C23H22N4S. The molecule has 28 heavy (non-hydrogen) atoms. The lowest BCUT2D eigenvalue weighted by Crippen LogP contribution is -2.08. The highest BCUT2D eigenvalue weighted by Crippen LogP contribution is 2.38. The molecule has 0 spiro atoms. The van der Waals surface area contributed by atoms with Gasteiger partial charge < -0.3 is 5.32 Å². The number of hydrogen-bond acceptors (Lipinski definition) is 5. The molecule has 0 unspecified atom stereocenters. The van der Waals surface area contributed by atoms with Gasteiger partial charge in [0, 0.05) is 17.5 Å². The number of rotatable bonds is 5. The van der Waals surface area contributed by atoms with Crippen LogP contribution in [0.5, 0.6) is 0 Å². The zero-order chi connectivity index (χ0) is 18.8. The molecule has 0 atom stereocenters. The van der Waals surface area contributed by atoms with Crippen molar-refractivity contribution in [2.24, 2.45) is 0 Å². The maximum Gasteiger partial charge on any atom is 0.139 e. The predicted molar refractivity (Wildman–Crippen MR) is 115 cm³/mol. The van der Waals surface area contributed by atoms with Crippen molar-refractivity contribution < 1.29 is 0 Å². The Morgan fingerprint density at radius 2 is 1.79 bits per heavy atom. The van der Waals surface area contributed by atoms with Crippen molar-refractivity contribution in [3.05, 3.63) is 82.3 Å². The van der Waals surface area contributed by atoms with Crippen LogP contribution in [0.3, 0.4) is 0 Å². The van der Waals surface area contributed by atoms with Gasteiger partial charge in [0.25, 0.3) is 0 Å². The first kappa shape index (κ1) is 17.3. The highest BCUT2D eigenvalue weighted by Gasteiger charge is 2.21. The number of pyridine rings is 1. The predicted octanol–water partition coefficient (Wildman–Crippen LogP) is 5.17. The fraction of sp³-hybridized carbons (Fsp3) is 0.261. The number of hydrogen-bond donors (Lipinski definition) is 1. The second kappa shape index (κ2) is 7.68. The smallest absolute Gasteiger partial charge is 0.139 e. The minimum absolute atomic E-state index is 0.669. The summed E-state index contributed by atoms with van der Waals surface area (Å²) in [5, 5.41) is 4.79. The lowest BCUT2D eigenvalue weighted by atomic mass is 9.97. The van der Waals surface area contributed by atoms with Crippen molar-refractivity contribution in [3.63, 3.8) is 0 Å². The molecule has 1 aromatic carbocycles. The van der Waals surface area contributed by atoms with Gasteiger partial charge in [-0.1, -0.05) is 36.4 Å². The third-order valence-corrected chi connectivity index (χ3v) is 6.41. The van der Waals surface area contributed by atoms with Crippen LogP contribution in [0.15, 0.2) is 54.7 Å². The molecule has 1 N–H and O–H groups in total. The summed E-state index contributed by atoms with van der Waals surface area (Å²) in [6.07, 6.45) is 7.42. The molecule has 5 heteroatoms. The molecule has 0 amide bonds. The van der Waals surface area contributed by atoms with E-state index < -0.39 is 0 Å². The van der Waals surface area contributed by atoms with E-state index in [1.807, 2.05) is 41.8 Å². The Morgan fingerprint density at radius 3 is 2.64 bits per heavy atom. The third-order valence-electron chi connectivity index (χ3n) is 5.23. The van der Waals surface area contributed by atoms with Gasteiger partial charge >= 0.3 is 0 Å². The number of benzene rings is 1. The number of thiophene rings is 1. The Hall–Kier alpha value is -2.79. The van der Waals surface area contributed by atoms with Crippen LogP contribution in [-0.2, 0) is 25.8 Å². The van der Waals surface area contributed by atoms with Gasteiger partial charge in [0.1, 0.15) is 16.5 Å². The van der Waals surface area contributed by atoms with Crippen molar-refractivity contribution in [2.75, 3.05) is 5.32 Å². The normalized spacial score (nSPS) is 13.4. The molecule has 0 fully saturated rings. The van der Waals surface area contributed by atoms with Gasteiger partial charge in [0.05, 0.1) is 17.6 Å². The zero-order valence-electron chi connectivity index (χ0n) is 15.7. The highest BCUT2D eigenvalue weighted by molar-refractivity contribution is 7.19. The largest absolute Gasteiger partial charge is 0.364 e. The minimum Gasteiger partial charge on any atom is -0.364 e. The van der Waals surface area contributed by atoms with E-state index in [-0.39, 0.29) is 0 Å². The maximum atomic E-state index is 4.95. The Bertz CT molecular complexity index is 1090. The summed E-state index contributed by atoms with van der Waals surface area (Å²) in [6, 6.07) is 16.4. The Morgan fingerprint density at radius 1 is 0.929 bits per heavy atom. The van der Waals surface area contributed by atoms with Crippen molar-refractivity contribution >= 4 is 27.4 Å². The van der Waals surface area contributed by atoms with E-state index in [9.17, 15) is 0 Å². The standard InChI is InChI=1S/C23H22N4S/c1-2-8-16(9-3-1)14-20-26-22(25-15-17-10-6-7-13-24-17)21-18-11-4-5-12-19(18)28-23(21)27-20/h1-3,6-10,13H,4-5,11-12,14-15H2,(H,25,26,27). The van der Waals surface area contributed by atoms with E-state index in [4.69, 9.17) is 9.97 Å². The molecule has 0 saturated carbocycles. The molecule has 140 valence electrons. The Kier molecular flexibility index (Phi) is 4.75. The number of aromatic nitrogens is 3. The summed E-state index contributed by atoms with van der Waals surface area (Å²) in [6.45, 7) is 0.669. The van der Waals surface area contributed by atoms with E-state index in [0.29, 0.717) is 6.54 Å². The second-order valence-electron chi connectivity index (χ2n) is 7.22. The van der Waals surface area contributed by atoms with Crippen molar-refractivity contribution in [2.45, 2.75) is 38.6 Å². The lowest BCUT2D eigenvalue weighted by molar-refractivity contribution is 0.700. The van der Waals surface area contributed by atoms with Crippen LogP contribution in [-0.4, -0.2) is 15.0 Å². The van der Waals surface area contributed by atoms with Gasteiger partial charge in [-0.15, -0.1) is 11.3 Å². The van der Waals surface area contributed by atoms with Crippen molar-refractivity contribution in [3.8, 4) is 0 Å². The van der Waals surface area contributed by atoms with Gasteiger partial charge in [-0.3, -0.25) is 4.98 Å². The average molecular weight is 387 g/mol. The third kappa shape index (κ3) is 3.50. The van der Waals surface area contributed by atoms with Gasteiger partial charge in [-0.25, -0.2) is 9.97 Å². The minimum atomic E-state index is 0.669. The van der Waals surface area contributed by atoms with Crippen molar-refractivity contribution in [1.82, 2.24) is 15.0 Å². The first-order valence-electron chi connectivity index (χ1n) is 9.86. The SMILES string of the molecule is c1ccc(Cc2nc(NCc3ccccn3)c3c4c(sc3n2)CCCC4)cc1. The summed E-state index contributed by atoms with van der Waals surface area (Å²) in [4.78, 5) is 16.9. The summed E-state index contributed by atoms with van der Waals surface area (Å²) < 4.78 is 0. The molecule has 0 bridgehead atoms. The van der Waals surface area contributed by atoms with E-state index in [1.165, 1.54) is 40.7 Å². The van der Waals surface area contributed by atoms with Gasteiger partial charge in [-0.05, 0) is 48.9 Å². The van der Waals surface area contributed by atoms with Crippen LogP contribution >= 0.6 is 11.3 Å². The van der Waals surface area contributed by atoms with Gasteiger partial charge in [0.2, 0.25) is 0 Å². The molecule has 0 saturated heterocycles. The fourth-order valence-electron chi connectivity index (χ4n) is 3.86. The molecular weight excluding hydrogens is 364 g/mol. The number of nitrogens with zero attached hydrogens (tertiary/aromatic N) is 3. The maximum absolute atomic E-state index is 4.95. The molecule has 5 rings (SSSR count). The van der Waals surface area contributed by atoms with Crippen LogP contribution in [0.25, 0.3) is 10.2 Å². The van der Waals surface area contributed by atoms with Crippen LogP contribution in [0.4, 0.5) is 5.82 Å². The van der Waals surface area contributed by atoms with Gasteiger partial charge in [0.15, 0.2) is 0 Å². The van der Waals surface area contributed by atoms with Crippen LogP contribution in [0, 0.1) is 0 Å². The monoisotopic (exact) mass is 386 g/mol. The summed E-state index contributed by atoms with van der Waals surface area (Å²) in [5.41, 5.74) is 3.71. The zero-order valence-corrected chi connectivity index (χ0v) is 16.5. The topological polar surface area (TPSA) is 50.7 Å². The quantitative estimate of drug-likeness (QED) is 0.514. The number of fused-ring (bicyclic) bond motifs is 3. The number of anilines is 1. The van der Waals surface area contributed by atoms with E-state index in [2.05, 4.69) is 34.6 Å². The van der Waals surface area contributed by atoms with E-state index in [0.717, 1.165) is 35.0 Å². The second-order valence-corrected chi connectivity index (χ2v) is 8.30. The average Bonchev–Trinajstić information content (AvgIpc) is 3.12. The van der Waals surface area contributed by atoms with E-state index in [1.54, 1.807) is 0 Å². The molecule has 0 aliphatic heterocycles. The summed E-state index contributed by atoms with van der Waals surface area (Å²) in [7, 11) is 0. The molecule has 1 aliphatic carbocycles. The fourth-order valence-corrected chi connectivity index (χ4v) is 5.14. The molecule has 1 aliphatic rings. The lowest BCUT2D eigenvalue weighted by Gasteiger charge is -2.13. The van der Waals surface area contributed by atoms with E-state index >= 15 is 0 Å². The first-order chi connectivity index (χ1) is 13.9. The van der Waals surface area contributed by atoms with Crippen LogP contribution in [0.1, 0.15) is 40.4 Å². The Labute approximate surface area is 168 Å². The van der Waals surface area contributed by atoms with Crippen molar-refractivity contribution in [1.29, 1.82) is 0 Å². The summed E-state index contributed by atoms with van der Waals surface area (Å²) >= 11 is 1.85. The highest BCUT2D eigenvalue weighted by atomic mass is 32.1. The Balaban J connectivity index is 1.55. The first-order valence-corrected chi connectivity index (χ1v) is 10.7. The van der Waals surface area contributed by atoms with Gasteiger partial charge in [-0.2, -0.15) is 0 Å². The molecule has 4 nitrogen and oxygen atoms in total. The number of nitrogens with one attached hydrogen (secondary N) is 1. The van der Waals surface area contributed by atoms with Crippen LogP contribution < -0.4 is 5.32 Å². The number of aryl methyl sites for hydroxylation is 2. The molecule has 3 heterocycles. The molecule has 3 aromatic heterocycles. The summed E-state index contributed by atoms with van der Waals surface area (Å²) in [5.74, 6) is 1.84.